The van der Waals surface area contributed by atoms with E-state index in [-0.39, 0.29) is 23.3 Å². The summed E-state index contributed by atoms with van der Waals surface area (Å²) < 4.78 is 20.7. The Balaban J connectivity index is 1.63. The van der Waals surface area contributed by atoms with Crippen molar-refractivity contribution in [1.29, 1.82) is 0 Å². The van der Waals surface area contributed by atoms with Crippen molar-refractivity contribution in [2.45, 2.75) is 82.5 Å². The van der Waals surface area contributed by atoms with E-state index in [1.165, 1.54) is 5.56 Å². The molecule has 0 spiro atoms. The molecular formula is C32H45FN2O2. The Morgan fingerprint density at radius 1 is 0.973 bits per heavy atom. The molecule has 0 bridgehead atoms. The maximum atomic E-state index is 15.4. The molecule has 4 rings (SSSR count). The highest BCUT2D eigenvalue weighted by Crippen LogP contribution is 2.45. The van der Waals surface area contributed by atoms with Crippen LogP contribution in [0.15, 0.2) is 54.6 Å². The minimum absolute atomic E-state index is 0.0601. The highest BCUT2D eigenvalue weighted by molar-refractivity contribution is 5.78. The second-order valence-corrected chi connectivity index (χ2v) is 11.7. The maximum absolute atomic E-state index is 15.4. The smallest absolute Gasteiger partial charge is 0.225 e. The average Bonchev–Trinajstić information content (AvgIpc) is 2.91. The number of nitrogens with zero attached hydrogens (tertiary/aromatic N) is 2. The number of methoxy groups -OCH3 is 1. The number of carbonyl (C=O) groups excluding carboxylic acids is 1. The monoisotopic (exact) mass is 508 g/mol. The third-order valence-electron chi connectivity index (χ3n) is 9.17. The summed E-state index contributed by atoms with van der Waals surface area (Å²) in [6.45, 7) is 3.32. The number of carbonyl (C=O) groups is 1. The van der Waals surface area contributed by atoms with Gasteiger partial charge in [-0.2, -0.15) is 0 Å². The molecule has 1 amide bonds. The Kier molecular flexibility index (Phi) is 8.94. The van der Waals surface area contributed by atoms with Crippen molar-refractivity contribution < 1.29 is 13.9 Å². The molecule has 1 heterocycles. The van der Waals surface area contributed by atoms with E-state index in [0.717, 1.165) is 49.8 Å². The first-order valence-corrected chi connectivity index (χ1v) is 14.1. The fourth-order valence-corrected chi connectivity index (χ4v) is 6.56. The number of benzene rings is 2. The zero-order valence-electron chi connectivity index (χ0n) is 23.2. The molecule has 202 valence electrons. The van der Waals surface area contributed by atoms with Crippen molar-refractivity contribution in [2.24, 2.45) is 11.8 Å². The predicted molar refractivity (Wildman–Crippen MR) is 148 cm³/mol. The molecule has 2 unspecified atom stereocenters. The standard InChI is InChI=1S/C32H45FN2O2/c1-25-27(23-31(33)18-9-19-31)11-8-20-32(34(2)3,28-12-6-5-7-13-28)21-10-22-35(30(25)36)24-26-14-16-29(37-4)17-15-26/h5-7,12-17,25,27H,8-11,18-24H2,1-4H3/t25?,27?,32-/m1/s1. The summed E-state index contributed by atoms with van der Waals surface area (Å²) in [5.74, 6) is 0.856. The number of ether oxygens (including phenoxy) is 1. The van der Waals surface area contributed by atoms with Crippen molar-refractivity contribution in [3.05, 3.63) is 65.7 Å². The zero-order chi connectivity index (χ0) is 26.5. The van der Waals surface area contributed by atoms with Gasteiger partial charge in [0, 0.05) is 24.5 Å². The van der Waals surface area contributed by atoms with Crippen LogP contribution in [-0.2, 0) is 16.9 Å². The second-order valence-electron chi connectivity index (χ2n) is 11.7. The van der Waals surface area contributed by atoms with Crippen molar-refractivity contribution in [3.63, 3.8) is 0 Å². The summed E-state index contributed by atoms with van der Waals surface area (Å²) in [5.41, 5.74) is 1.24. The summed E-state index contributed by atoms with van der Waals surface area (Å²) in [6, 6.07) is 18.8. The van der Waals surface area contributed by atoms with Crippen molar-refractivity contribution in [2.75, 3.05) is 27.7 Å². The SMILES string of the molecule is COc1ccc(CN2CCC[C@](c3ccccc3)(N(C)C)CCCC(CC3(F)CCC3)C(C)C2=O)cc1. The van der Waals surface area contributed by atoms with E-state index in [2.05, 4.69) is 49.3 Å². The molecule has 0 aromatic heterocycles. The van der Waals surface area contributed by atoms with Gasteiger partial charge in [-0.05, 0) is 94.6 Å². The molecule has 2 aromatic carbocycles. The molecule has 1 saturated carbocycles. The van der Waals surface area contributed by atoms with Gasteiger partial charge in [-0.1, -0.05) is 55.8 Å². The molecule has 0 radical (unpaired) electrons. The molecule has 4 nitrogen and oxygen atoms in total. The lowest BCUT2D eigenvalue weighted by Crippen LogP contribution is -2.42. The normalized spacial score (nSPS) is 26.9. The minimum Gasteiger partial charge on any atom is -0.497 e. The van der Waals surface area contributed by atoms with Gasteiger partial charge in [0.1, 0.15) is 11.4 Å². The number of halogens is 1. The molecule has 2 aliphatic rings. The lowest BCUT2D eigenvalue weighted by molar-refractivity contribution is -0.138. The molecule has 5 heteroatoms. The third-order valence-corrected chi connectivity index (χ3v) is 9.17. The van der Waals surface area contributed by atoms with Crippen molar-refractivity contribution in [3.8, 4) is 5.75 Å². The number of alkyl halides is 1. The highest BCUT2D eigenvalue weighted by atomic mass is 19.1. The number of rotatable bonds is 7. The average molecular weight is 509 g/mol. The Bertz CT molecular complexity index is 1010. The highest BCUT2D eigenvalue weighted by Gasteiger charge is 2.43. The first kappa shape index (κ1) is 27.6. The summed E-state index contributed by atoms with van der Waals surface area (Å²) in [4.78, 5) is 18.3. The Morgan fingerprint density at radius 2 is 1.65 bits per heavy atom. The van der Waals surface area contributed by atoms with Gasteiger partial charge in [-0.3, -0.25) is 9.69 Å². The van der Waals surface area contributed by atoms with E-state index in [4.69, 9.17) is 4.74 Å². The first-order chi connectivity index (χ1) is 17.8. The summed E-state index contributed by atoms with van der Waals surface area (Å²) in [5, 5.41) is 0. The van der Waals surface area contributed by atoms with E-state index in [9.17, 15) is 4.79 Å². The maximum Gasteiger partial charge on any atom is 0.225 e. The molecular weight excluding hydrogens is 463 g/mol. The Hall–Kier alpha value is -2.40. The van der Waals surface area contributed by atoms with Crippen LogP contribution in [0.3, 0.4) is 0 Å². The molecule has 1 aliphatic heterocycles. The van der Waals surface area contributed by atoms with Crippen LogP contribution in [0.25, 0.3) is 0 Å². The topological polar surface area (TPSA) is 32.8 Å². The Labute approximate surface area is 223 Å². The largest absolute Gasteiger partial charge is 0.497 e. The minimum atomic E-state index is -1.09. The molecule has 37 heavy (non-hydrogen) atoms. The fourth-order valence-electron chi connectivity index (χ4n) is 6.56. The van der Waals surface area contributed by atoms with Crippen LogP contribution in [0, 0.1) is 11.8 Å². The van der Waals surface area contributed by atoms with Crippen LogP contribution in [0.1, 0.15) is 75.8 Å². The zero-order valence-corrected chi connectivity index (χ0v) is 23.2. The molecule has 2 aromatic rings. The Morgan fingerprint density at radius 3 is 2.24 bits per heavy atom. The van der Waals surface area contributed by atoms with Gasteiger partial charge in [0.15, 0.2) is 0 Å². The first-order valence-electron chi connectivity index (χ1n) is 14.1. The number of amides is 1. The van der Waals surface area contributed by atoms with Gasteiger partial charge in [-0.15, -0.1) is 0 Å². The van der Waals surface area contributed by atoms with Crippen LogP contribution in [-0.4, -0.2) is 49.1 Å². The van der Waals surface area contributed by atoms with E-state index in [0.29, 0.717) is 32.4 Å². The van der Waals surface area contributed by atoms with Crippen molar-refractivity contribution >= 4 is 5.91 Å². The van der Waals surface area contributed by atoms with Gasteiger partial charge < -0.3 is 9.64 Å². The van der Waals surface area contributed by atoms with Gasteiger partial charge in [0.25, 0.3) is 0 Å². The second kappa shape index (κ2) is 12.0. The van der Waals surface area contributed by atoms with E-state index in [1.807, 2.05) is 36.1 Å². The summed E-state index contributed by atoms with van der Waals surface area (Å²) in [7, 11) is 6.02. The van der Waals surface area contributed by atoms with Gasteiger partial charge in [-0.25, -0.2) is 4.39 Å². The van der Waals surface area contributed by atoms with E-state index < -0.39 is 5.67 Å². The van der Waals surface area contributed by atoms with Gasteiger partial charge in [0.2, 0.25) is 5.91 Å². The number of hydrogen-bond donors (Lipinski definition) is 0. The van der Waals surface area contributed by atoms with Crippen LogP contribution in [0.4, 0.5) is 4.39 Å². The number of hydrogen-bond acceptors (Lipinski definition) is 3. The van der Waals surface area contributed by atoms with Crippen molar-refractivity contribution in [1.82, 2.24) is 9.80 Å². The fraction of sp³-hybridized carbons (Fsp3) is 0.594. The lowest BCUT2D eigenvalue weighted by Gasteiger charge is -2.42. The summed E-state index contributed by atoms with van der Waals surface area (Å²) in [6.07, 6.45) is 7.54. The van der Waals surface area contributed by atoms with Crippen LogP contribution in [0.5, 0.6) is 5.75 Å². The molecule has 1 saturated heterocycles. The quantitative estimate of drug-likeness (QED) is 0.404. The van der Waals surface area contributed by atoms with Crippen LogP contribution in [0.2, 0.25) is 0 Å². The lowest BCUT2D eigenvalue weighted by atomic mass is 9.71. The molecule has 1 aliphatic carbocycles. The molecule has 3 atom stereocenters. The summed E-state index contributed by atoms with van der Waals surface area (Å²) >= 11 is 0. The molecule has 0 N–H and O–H groups in total. The van der Waals surface area contributed by atoms with E-state index >= 15 is 4.39 Å². The van der Waals surface area contributed by atoms with Crippen LogP contribution < -0.4 is 4.74 Å². The van der Waals surface area contributed by atoms with Crippen LogP contribution >= 0.6 is 0 Å². The predicted octanol–water partition coefficient (Wildman–Crippen LogP) is 6.98. The van der Waals surface area contributed by atoms with Gasteiger partial charge in [0.05, 0.1) is 7.11 Å². The van der Waals surface area contributed by atoms with E-state index in [1.54, 1.807) is 7.11 Å². The molecule has 2 fully saturated rings. The van der Waals surface area contributed by atoms with Gasteiger partial charge >= 0.3 is 0 Å². The third kappa shape index (κ3) is 6.37.